The molecule has 0 aliphatic carbocycles. The molecule has 0 saturated carbocycles. The van der Waals surface area contributed by atoms with E-state index in [2.05, 4.69) is 34.6 Å². The average Bonchev–Trinajstić information content (AvgIpc) is 3.05. The van der Waals surface area contributed by atoms with Gasteiger partial charge in [-0.2, -0.15) is 0 Å². The van der Waals surface area contributed by atoms with Crippen LogP contribution in [0.2, 0.25) is 0 Å². The first-order chi connectivity index (χ1) is 23.2. The van der Waals surface area contributed by atoms with Crippen LogP contribution in [0, 0.1) is 11.8 Å². The van der Waals surface area contributed by atoms with Crippen molar-refractivity contribution in [1.82, 2.24) is 0 Å². The Labute approximate surface area is 298 Å². The number of carbonyl (C=O) groups excluding carboxylic acids is 3. The van der Waals surface area contributed by atoms with Crippen molar-refractivity contribution in [3.63, 3.8) is 0 Å². The van der Waals surface area contributed by atoms with Crippen LogP contribution in [0.5, 0.6) is 0 Å². The summed E-state index contributed by atoms with van der Waals surface area (Å²) in [4.78, 5) is 37.4. The van der Waals surface area contributed by atoms with E-state index in [1.165, 1.54) is 109 Å². The summed E-state index contributed by atoms with van der Waals surface area (Å²) < 4.78 is 16.6. The molecule has 48 heavy (non-hydrogen) atoms. The summed E-state index contributed by atoms with van der Waals surface area (Å²) >= 11 is 0. The second-order valence-electron chi connectivity index (χ2n) is 15.2. The Morgan fingerprint density at radius 3 is 1.02 bits per heavy atom. The summed E-state index contributed by atoms with van der Waals surface area (Å²) in [6.45, 7) is 11.2. The summed E-state index contributed by atoms with van der Waals surface area (Å²) in [6.07, 6.45) is 31.0. The Bertz CT molecular complexity index is 734. The van der Waals surface area contributed by atoms with Gasteiger partial charge in [0.15, 0.2) is 6.10 Å². The molecule has 0 fully saturated rings. The van der Waals surface area contributed by atoms with E-state index in [0.29, 0.717) is 19.3 Å². The van der Waals surface area contributed by atoms with Crippen molar-refractivity contribution in [1.29, 1.82) is 0 Å². The molecule has 0 aliphatic rings. The van der Waals surface area contributed by atoms with Crippen molar-refractivity contribution in [2.45, 2.75) is 227 Å². The van der Waals surface area contributed by atoms with Gasteiger partial charge in [0.2, 0.25) is 0 Å². The molecule has 0 rings (SSSR count). The third kappa shape index (κ3) is 35.7. The second kappa shape index (κ2) is 35.2. The summed E-state index contributed by atoms with van der Waals surface area (Å²) in [5.74, 6) is 0.701. The maximum absolute atomic E-state index is 12.6. The molecule has 6 heteroatoms. The van der Waals surface area contributed by atoms with Crippen LogP contribution in [-0.4, -0.2) is 37.2 Å². The lowest BCUT2D eigenvalue weighted by Gasteiger charge is -2.18. The SMILES string of the molecule is CCCCCCCCCCCC(=O)O[C@H](COC(=O)CCCCCCCCCCCC(C)C)COC(=O)CCCCCCCCC(C)C. The molecular weight excluding hydrogens is 600 g/mol. The third-order valence-corrected chi connectivity index (χ3v) is 9.22. The fourth-order valence-corrected chi connectivity index (χ4v) is 6.05. The highest BCUT2D eigenvalue weighted by atomic mass is 16.6. The van der Waals surface area contributed by atoms with E-state index in [1.54, 1.807) is 0 Å². The van der Waals surface area contributed by atoms with Gasteiger partial charge in [0.25, 0.3) is 0 Å². The zero-order valence-electron chi connectivity index (χ0n) is 32.6. The Hall–Kier alpha value is -1.59. The number of hydrogen-bond acceptors (Lipinski definition) is 6. The zero-order chi connectivity index (χ0) is 35.5. The number of carbonyl (C=O) groups is 3. The summed E-state index contributed by atoms with van der Waals surface area (Å²) in [7, 11) is 0. The van der Waals surface area contributed by atoms with Crippen molar-refractivity contribution in [3.8, 4) is 0 Å². The lowest BCUT2D eigenvalue weighted by atomic mass is 10.0. The van der Waals surface area contributed by atoms with E-state index in [9.17, 15) is 14.4 Å². The van der Waals surface area contributed by atoms with Crippen LogP contribution in [0.3, 0.4) is 0 Å². The van der Waals surface area contributed by atoms with Gasteiger partial charge in [-0.05, 0) is 31.1 Å². The summed E-state index contributed by atoms with van der Waals surface area (Å²) in [5, 5.41) is 0. The standard InChI is InChI=1S/C42H80O6/c1-6-7-8-9-10-12-17-24-29-34-42(45)48-39(36-47-41(44)33-28-23-19-18-21-26-31-38(4)5)35-46-40(43)32-27-22-16-14-11-13-15-20-25-30-37(2)3/h37-39H,6-36H2,1-5H3/t39-/m1/s1. The Balaban J connectivity index is 4.33. The maximum Gasteiger partial charge on any atom is 0.306 e. The van der Waals surface area contributed by atoms with Crippen molar-refractivity contribution < 1.29 is 28.6 Å². The minimum Gasteiger partial charge on any atom is -0.462 e. The predicted molar refractivity (Wildman–Crippen MR) is 201 cm³/mol. The monoisotopic (exact) mass is 681 g/mol. The molecule has 0 aromatic heterocycles. The lowest BCUT2D eigenvalue weighted by Crippen LogP contribution is -2.30. The highest BCUT2D eigenvalue weighted by Gasteiger charge is 2.19. The van der Waals surface area contributed by atoms with Gasteiger partial charge in [0.1, 0.15) is 13.2 Å². The van der Waals surface area contributed by atoms with Crippen LogP contribution in [0.25, 0.3) is 0 Å². The van der Waals surface area contributed by atoms with Crippen molar-refractivity contribution in [2.75, 3.05) is 13.2 Å². The molecule has 0 amide bonds. The number of rotatable bonds is 36. The van der Waals surface area contributed by atoms with Gasteiger partial charge in [-0.3, -0.25) is 14.4 Å². The predicted octanol–water partition coefficient (Wildman–Crippen LogP) is 12.6. The normalized spacial score (nSPS) is 12.1. The van der Waals surface area contributed by atoms with Gasteiger partial charge < -0.3 is 14.2 Å². The molecule has 0 aromatic rings. The second-order valence-corrected chi connectivity index (χ2v) is 15.2. The quantitative estimate of drug-likeness (QED) is 0.0372. The van der Waals surface area contributed by atoms with Gasteiger partial charge in [-0.15, -0.1) is 0 Å². The van der Waals surface area contributed by atoms with Gasteiger partial charge in [-0.25, -0.2) is 0 Å². The Kier molecular flexibility index (Phi) is 34.1. The molecule has 284 valence electrons. The fraction of sp³-hybridized carbons (Fsp3) is 0.929. The zero-order valence-corrected chi connectivity index (χ0v) is 32.6. The minimum absolute atomic E-state index is 0.0667. The maximum atomic E-state index is 12.6. The van der Waals surface area contributed by atoms with E-state index in [-0.39, 0.29) is 31.1 Å². The first-order valence-corrected chi connectivity index (χ1v) is 20.7. The number of unbranched alkanes of at least 4 members (excludes halogenated alkanes) is 21. The van der Waals surface area contributed by atoms with Gasteiger partial charge in [0.05, 0.1) is 0 Å². The van der Waals surface area contributed by atoms with Crippen LogP contribution in [0.15, 0.2) is 0 Å². The highest BCUT2D eigenvalue weighted by molar-refractivity contribution is 5.71. The van der Waals surface area contributed by atoms with E-state index < -0.39 is 6.10 Å². The molecule has 0 N–H and O–H groups in total. The van der Waals surface area contributed by atoms with Gasteiger partial charge >= 0.3 is 17.9 Å². The molecule has 0 saturated heterocycles. The smallest absolute Gasteiger partial charge is 0.306 e. The van der Waals surface area contributed by atoms with Crippen LogP contribution in [0.1, 0.15) is 221 Å². The van der Waals surface area contributed by atoms with E-state index >= 15 is 0 Å². The first kappa shape index (κ1) is 46.4. The van der Waals surface area contributed by atoms with Crippen LogP contribution < -0.4 is 0 Å². The Morgan fingerprint density at radius 1 is 0.396 bits per heavy atom. The molecule has 0 heterocycles. The van der Waals surface area contributed by atoms with Crippen molar-refractivity contribution in [2.24, 2.45) is 11.8 Å². The van der Waals surface area contributed by atoms with Crippen LogP contribution >= 0.6 is 0 Å². The van der Waals surface area contributed by atoms with E-state index in [0.717, 1.165) is 69.6 Å². The number of esters is 3. The minimum atomic E-state index is -0.759. The van der Waals surface area contributed by atoms with Gasteiger partial charge in [0, 0.05) is 19.3 Å². The number of ether oxygens (including phenoxy) is 3. The van der Waals surface area contributed by atoms with Crippen LogP contribution in [0.4, 0.5) is 0 Å². The first-order valence-electron chi connectivity index (χ1n) is 20.7. The molecular formula is C42H80O6. The molecule has 0 spiro atoms. The molecule has 0 aliphatic heterocycles. The highest BCUT2D eigenvalue weighted by Crippen LogP contribution is 2.15. The third-order valence-electron chi connectivity index (χ3n) is 9.22. The number of hydrogen-bond donors (Lipinski definition) is 0. The topological polar surface area (TPSA) is 78.9 Å². The summed E-state index contributed by atoms with van der Waals surface area (Å²) in [5.41, 5.74) is 0. The largest absolute Gasteiger partial charge is 0.462 e. The molecule has 6 nitrogen and oxygen atoms in total. The molecule has 0 unspecified atom stereocenters. The van der Waals surface area contributed by atoms with Crippen LogP contribution in [-0.2, 0) is 28.6 Å². The molecule has 1 atom stereocenters. The van der Waals surface area contributed by atoms with E-state index in [1.807, 2.05) is 0 Å². The van der Waals surface area contributed by atoms with Crippen molar-refractivity contribution in [3.05, 3.63) is 0 Å². The van der Waals surface area contributed by atoms with E-state index in [4.69, 9.17) is 14.2 Å². The molecule has 0 bridgehead atoms. The lowest BCUT2D eigenvalue weighted by molar-refractivity contribution is -0.167. The van der Waals surface area contributed by atoms with Crippen molar-refractivity contribution >= 4 is 17.9 Å². The average molecular weight is 681 g/mol. The fourth-order valence-electron chi connectivity index (χ4n) is 6.05. The molecule has 0 aromatic carbocycles. The van der Waals surface area contributed by atoms with Gasteiger partial charge in [-0.1, -0.05) is 182 Å². The molecule has 0 radical (unpaired) electrons. The Morgan fingerprint density at radius 2 is 0.688 bits per heavy atom. The summed E-state index contributed by atoms with van der Waals surface area (Å²) in [6, 6.07) is 0.